The predicted octanol–water partition coefficient (Wildman–Crippen LogP) is 6.95. The number of carbonyl (C=O) groups is 1. The maximum absolute atomic E-state index is 12.8. The van der Waals surface area contributed by atoms with E-state index in [1.165, 1.54) is 12.8 Å². The number of carboxylic acid groups (broad SMARTS) is 1. The maximum Gasteiger partial charge on any atom is 0.309 e. The number of aliphatic hydroxyl groups is 1. The van der Waals surface area contributed by atoms with Gasteiger partial charge in [-0.25, -0.2) is 0 Å². The van der Waals surface area contributed by atoms with Crippen molar-refractivity contribution in [1.29, 1.82) is 0 Å². The van der Waals surface area contributed by atoms with Gasteiger partial charge >= 0.3 is 5.97 Å². The quantitative estimate of drug-likeness (QED) is 0.420. The molecule has 33 heavy (non-hydrogen) atoms. The highest BCUT2D eigenvalue weighted by molar-refractivity contribution is 5.76. The Labute approximate surface area is 201 Å². The molecule has 5 rings (SSSR count). The van der Waals surface area contributed by atoms with E-state index in [9.17, 15) is 15.0 Å². The Morgan fingerprint density at radius 2 is 1.55 bits per heavy atom. The van der Waals surface area contributed by atoms with Crippen LogP contribution in [0.25, 0.3) is 0 Å². The molecule has 0 unspecified atom stereocenters. The van der Waals surface area contributed by atoms with Crippen LogP contribution in [0, 0.1) is 62.6 Å². The van der Waals surface area contributed by atoms with Gasteiger partial charge in [0.15, 0.2) is 0 Å². The van der Waals surface area contributed by atoms with E-state index in [4.69, 9.17) is 0 Å². The highest BCUT2D eigenvalue weighted by atomic mass is 16.4. The third-order valence-corrected chi connectivity index (χ3v) is 13.5. The normalized spacial score (nSPS) is 57.3. The van der Waals surface area contributed by atoms with Crippen molar-refractivity contribution in [2.24, 2.45) is 62.6 Å². The second-order valence-electron chi connectivity index (χ2n) is 14.6. The van der Waals surface area contributed by atoms with Crippen molar-refractivity contribution < 1.29 is 15.0 Å². The first-order valence-electron chi connectivity index (χ1n) is 13.9. The Morgan fingerprint density at radius 3 is 2.21 bits per heavy atom. The van der Waals surface area contributed by atoms with E-state index in [1.54, 1.807) is 0 Å². The Morgan fingerprint density at radius 1 is 0.848 bits per heavy atom. The fraction of sp³-hybridized carbons (Fsp3) is 0.900. The predicted molar refractivity (Wildman–Crippen MR) is 133 cm³/mol. The first-order valence-corrected chi connectivity index (χ1v) is 13.9. The fourth-order valence-corrected chi connectivity index (χ4v) is 10.9. The van der Waals surface area contributed by atoms with Crippen LogP contribution in [0.4, 0.5) is 0 Å². The minimum absolute atomic E-state index is 0.0434. The first-order chi connectivity index (χ1) is 15.3. The van der Waals surface area contributed by atoms with Gasteiger partial charge in [0.25, 0.3) is 0 Å². The van der Waals surface area contributed by atoms with Crippen LogP contribution in [0.15, 0.2) is 12.2 Å². The van der Waals surface area contributed by atoms with Crippen LogP contribution < -0.4 is 0 Å². The van der Waals surface area contributed by atoms with Gasteiger partial charge in [0.05, 0.1) is 11.5 Å². The molecule has 0 heterocycles. The molecule has 4 saturated carbocycles. The maximum atomic E-state index is 12.8. The van der Waals surface area contributed by atoms with Crippen LogP contribution in [-0.4, -0.2) is 22.3 Å². The number of hydrogen-bond acceptors (Lipinski definition) is 2. The van der Waals surface area contributed by atoms with Crippen LogP contribution in [0.3, 0.4) is 0 Å². The average molecular weight is 457 g/mol. The molecule has 186 valence electrons. The molecule has 4 fully saturated rings. The summed E-state index contributed by atoms with van der Waals surface area (Å²) < 4.78 is 0. The lowest BCUT2D eigenvalue weighted by Crippen LogP contribution is -2.67. The van der Waals surface area contributed by atoms with Crippen molar-refractivity contribution in [1.82, 2.24) is 0 Å². The Bertz CT molecular complexity index is 861. The third kappa shape index (κ3) is 2.75. The second kappa shape index (κ2) is 7.11. The lowest BCUT2D eigenvalue weighted by atomic mass is 9.32. The van der Waals surface area contributed by atoms with Gasteiger partial charge in [0, 0.05) is 0 Å². The summed E-state index contributed by atoms with van der Waals surface area (Å²) in [6.45, 7) is 16.9. The van der Waals surface area contributed by atoms with Crippen molar-refractivity contribution in [3.63, 3.8) is 0 Å². The molecular weight excluding hydrogens is 408 g/mol. The monoisotopic (exact) mass is 456 g/mol. The van der Waals surface area contributed by atoms with Gasteiger partial charge in [-0.15, -0.1) is 0 Å². The number of carboxylic acids is 1. The summed E-state index contributed by atoms with van der Waals surface area (Å²) in [5.41, 5.74) is -0.0659. The average Bonchev–Trinajstić information content (AvgIpc) is 2.74. The van der Waals surface area contributed by atoms with Gasteiger partial charge in [-0.3, -0.25) is 4.79 Å². The van der Waals surface area contributed by atoms with Gasteiger partial charge in [0.2, 0.25) is 0 Å². The largest absolute Gasteiger partial charge is 0.481 e. The van der Waals surface area contributed by atoms with Gasteiger partial charge in [-0.2, -0.15) is 0 Å². The topological polar surface area (TPSA) is 57.5 Å². The Kier molecular flexibility index (Phi) is 5.15. The molecule has 0 amide bonds. The van der Waals surface area contributed by atoms with E-state index < -0.39 is 11.4 Å². The van der Waals surface area contributed by atoms with Crippen molar-refractivity contribution in [2.75, 3.05) is 0 Å². The van der Waals surface area contributed by atoms with Crippen LogP contribution in [0.1, 0.15) is 99.8 Å². The lowest BCUT2D eigenvalue weighted by Gasteiger charge is -2.72. The molecule has 0 aromatic rings. The van der Waals surface area contributed by atoms with Gasteiger partial charge < -0.3 is 10.2 Å². The van der Waals surface area contributed by atoms with Crippen LogP contribution in [0.5, 0.6) is 0 Å². The zero-order chi connectivity index (χ0) is 24.2. The van der Waals surface area contributed by atoms with Gasteiger partial charge in [0.1, 0.15) is 0 Å². The molecule has 5 aliphatic rings. The zero-order valence-electron chi connectivity index (χ0n) is 22.2. The molecule has 3 heteroatoms. The lowest BCUT2D eigenvalue weighted by molar-refractivity contribution is -0.224. The van der Waals surface area contributed by atoms with E-state index >= 15 is 0 Å². The van der Waals surface area contributed by atoms with E-state index in [-0.39, 0.29) is 33.7 Å². The van der Waals surface area contributed by atoms with Gasteiger partial charge in [-0.05, 0) is 109 Å². The van der Waals surface area contributed by atoms with E-state index in [0.29, 0.717) is 29.6 Å². The fourth-order valence-electron chi connectivity index (χ4n) is 10.9. The number of fused-ring (bicyclic) bond motifs is 7. The van der Waals surface area contributed by atoms with Crippen molar-refractivity contribution >= 4 is 5.97 Å². The summed E-state index contributed by atoms with van der Waals surface area (Å²) in [6.07, 6.45) is 13.1. The van der Waals surface area contributed by atoms with Crippen LogP contribution in [-0.2, 0) is 4.79 Å². The number of hydrogen-bond donors (Lipinski definition) is 2. The summed E-state index contributed by atoms with van der Waals surface area (Å²) in [4.78, 5) is 12.8. The summed E-state index contributed by atoms with van der Waals surface area (Å²) in [7, 11) is 0. The van der Waals surface area contributed by atoms with E-state index in [2.05, 4.69) is 60.6 Å². The molecule has 0 radical (unpaired) electrons. The Balaban J connectivity index is 1.61. The molecule has 0 spiro atoms. The van der Waals surface area contributed by atoms with Crippen LogP contribution >= 0.6 is 0 Å². The Hall–Kier alpha value is -0.830. The highest BCUT2D eigenvalue weighted by Crippen LogP contribution is 2.75. The van der Waals surface area contributed by atoms with Crippen molar-refractivity contribution in [3.05, 3.63) is 12.2 Å². The molecule has 0 saturated heterocycles. The van der Waals surface area contributed by atoms with Crippen molar-refractivity contribution in [2.45, 2.75) is 106 Å². The molecule has 0 aromatic carbocycles. The molecule has 0 aromatic heterocycles. The van der Waals surface area contributed by atoms with E-state index in [1.807, 2.05) is 0 Å². The number of aliphatic hydroxyl groups excluding tert-OH is 1. The minimum atomic E-state index is -0.540. The van der Waals surface area contributed by atoms with Gasteiger partial charge in [-0.1, -0.05) is 60.6 Å². The van der Waals surface area contributed by atoms with E-state index in [0.717, 1.165) is 38.5 Å². The number of rotatable bonds is 1. The molecule has 3 nitrogen and oxygen atoms in total. The highest BCUT2D eigenvalue weighted by Gasteiger charge is 2.70. The second-order valence-corrected chi connectivity index (χ2v) is 14.6. The number of allylic oxidation sites excluding steroid dienone is 2. The molecule has 5 aliphatic carbocycles. The third-order valence-electron chi connectivity index (χ3n) is 13.5. The molecular formula is C30H48O3. The molecule has 2 N–H and O–H groups in total. The summed E-state index contributed by atoms with van der Waals surface area (Å²) in [5.74, 6) is 2.13. The molecule has 0 bridgehead atoms. The smallest absolute Gasteiger partial charge is 0.309 e. The summed E-state index contributed by atoms with van der Waals surface area (Å²) in [5, 5.41) is 21.4. The standard InChI is InChI=1S/C30H48O3/c1-18-10-15-30(25(32)33)17-16-28(6)20(24(30)19(18)2)8-9-22-27(5)13-12-23(31)26(3,4)21(27)11-14-29(22,28)7/h8-9,18-24,31H,10-17H2,1-7H3,(H,32,33)/t18-,19+,20-,21+,22-,23+,24+,27+,28-,29-,30+/m1/s1. The first kappa shape index (κ1) is 23.9. The molecule has 11 atom stereocenters. The number of aliphatic carboxylic acids is 1. The molecule has 0 aliphatic heterocycles. The summed E-state index contributed by atoms with van der Waals surface area (Å²) in [6, 6.07) is 0. The zero-order valence-corrected chi connectivity index (χ0v) is 22.2. The summed E-state index contributed by atoms with van der Waals surface area (Å²) >= 11 is 0. The minimum Gasteiger partial charge on any atom is -0.481 e. The van der Waals surface area contributed by atoms with Crippen LogP contribution in [0.2, 0.25) is 0 Å². The van der Waals surface area contributed by atoms with Crippen molar-refractivity contribution in [3.8, 4) is 0 Å². The SMILES string of the molecule is C[C@@H]1[C@H]2[C@H]3C=C[C@@H]4[C@@]5(C)CC[C@H](O)C(C)(C)[C@@H]5CC[C@@]4(C)[C@]3(C)CC[C@@]2(C(=O)O)CC[C@H]1C.